The van der Waals surface area contributed by atoms with Gasteiger partial charge in [0.2, 0.25) is 11.1 Å². The summed E-state index contributed by atoms with van der Waals surface area (Å²) in [6.07, 6.45) is 3.46. The Morgan fingerprint density at radius 3 is 2.95 bits per heavy atom. The third-order valence-electron chi connectivity index (χ3n) is 2.41. The Morgan fingerprint density at radius 2 is 2.32 bits per heavy atom. The van der Waals surface area contributed by atoms with Crippen LogP contribution in [0.4, 0.5) is 11.5 Å². The maximum atomic E-state index is 11.0. The van der Waals surface area contributed by atoms with Crippen LogP contribution in [0.15, 0.2) is 18.5 Å². The van der Waals surface area contributed by atoms with Crippen molar-refractivity contribution < 1.29 is 4.92 Å². The molecule has 0 unspecified atom stereocenters. The summed E-state index contributed by atoms with van der Waals surface area (Å²) < 4.78 is 1.70. The van der Waals surface area contributed by atoms with E-state index in [4.69, 9.17) is 11.6 Å². The SMILES string of the molecule is Cc1nc(Cl)nc(NCCn2cccn2)c1[N+](=O)[O-]. The van der Waals surface area contributed by atoms with E-state index in [1.165, 1.54) is 6.92 Å². The highest BCUT2D eigenvalue weighted by molar-refractivity contribution is 6.28. The number of hydrogen-bond donors (Lipinski definition) is 1. The van der Waals surface area contributed by atoms with Crippen molar-refractivity contribution in [2.75, 3.05) is 11.9 Å². The number of anilines is 1. The molecule has 2 heterocycles. The van der Waals surface area contributed by atoms with Crippen molar-refractivity contribution in [1.82, 2.24) is 19.7 Å². The fourth-order valence-electron chi connectivity index (χ4n) is 1.60. The van der Waals surface area contributed by atoms with Gasteiger partial charge in [0.05, 0.1) is 11.5 Å². The van der Waals surface area contributed by atoms with Crippen LogP contribution in [0, 0.1) is 17.0 Å². The first-order valence-electron chi connectivity index (χ1n) is 5.48. The minimum atomic E-state index is -0.526. The number of nitrogens with one attached hydrogen (secondary N) is 1. The molecule has 9 heteroatoms. The van der Waals surface area contributed by atoms with Crippen LogP contribution in [0.2, 0.25) is 5.28 Å². The van der Waals surface area contributed by atoms with Gasteiger partial charge in [-0.1, -0.05) is 0 Å². The van der Waals surface area contributed by atoms with Gasteiger partial charge in [-0.15, -0.1) is 0 Å². The average Bonchev–Trinajstić information content (AvgIpc) is 2.80. The predicted molar refractivity (Wildman–Crippen MR) is 69.2 cm³/mol. The van der Waals surface area contributed by atoms with Gasteiger partial charge >= 0.3 is 5.69 Å². The molecule has 0 aliphatic heterocycles. The molecule has 1 N–H and O–H groups in total. The zero-order chi connectivity index (χ0) is 13.8. The molecule has 2 rings (SSSR count). The van der Waals surface area contributed by atoms with E-state index in [1.54, 1.807) is 23.1 Å². The fraction of sp³-hybridized carbons (Fsp3) is 0.300. The Kier molecular flexibility index (Phi) is 3.91. The van der Waals surface area contributed by atoms with Gasteiger partial charge in [-0.3, -0.25) is 14.8 Å². The molecule has 0 aromatic carbocycles. The highest BCUT2D eigenvalue weighted by Crippen LogP contribution is 2.26. The summed E-state index contributed by atoms with van der Waals surface area (Å²) in [4.78, 5) is 18.1. The van der Waals surface area contributed by atoms with Gasteiger partial charge < -0.3 is 5.32 Å². The van der Waals surface area contributed by atoms with Crippen LogP contribution in [0.3, 0.4) is 0 Å². The van der Waals surface area contributed by atoms with E-state index in [-0.39, 0.29) is 22.5 Å². The van der Waals surface area contributed by atoms with E-state index in [2.05, 4.69) is 20.4 Å². The molecule has 0 aliphatic rings. The molecule has 8 nitrogen and oxygen atoms in total. The zero-order valence-electron chi connectivity index (χ0n) is 10.1. The van der Waals surface area contributed by atoms with Crippen molar-refractivity contribution in [3.63, 3.8) is 0 Å². The molecule has 0 aliphatic carbocycles. The summed E-state index contributed by atoms with van der Waals surface area (Å²) in [5.74, 6) is 0.120. The summed E-state index contributed by atoms with van der Waals surface area (Å²) in [6, 6.07) is 1.80. The number of nitro groups is 1. The van der Waals surface area contributed by atoms with Gasteiger partial charge in [0.25, 0.3) is 0 Å². The lowest BCUT2D eigenvalue weighted by Gasteiger charge is -2.07. The lowest BCUT2D eigenvalue weighted by atomic mass is 10.3. The number of hydrogen-bond acceptors (Lipinski definition) is 6. The number of aryl methyl sites for hydroxylation is 1. The maximum absolute atomic E-state index is 11.0. The molecular weight excluding hydrogens is 272 g/mol. The first-order chi connectivity index (χ1) is 9.08. The normalized spacial score (nSPS) is 10.4. The Labute approximate surface area is 113 Å². The first-order valence-corrected chi connectivity index (χ1v) is 5.85. The lowest BCUT2D eigenvalue weighted by molar-refractivity contribution is -0.385. The molecular formula is C10H11ClN6O2. The van der Waals surface area contributed by atoms with Crippen LogP contribution in [-0.4, -0.2) is 31.2 Å². The smallest absolute Gasteiger partial charge is 0.332 e. The second kappa shape index (κ2) is 5.61. The van der Waals surface area contributed by atoms with Crippen molar-refractivity contribution in [2.24, 2.45) is 0 Å². The largest absolute Gasteiger partial charge is 0.362 e. The number of nitrogens with zero attached hydrogens (tertiary/aromatic N) is 5. The topological polar surface area (TPSA) is 98.8 Å². The summed E-state index contributed by atoms with van der Waals surface area (Å²) in [5.41, 5.74) is 0.0662. The minimum absolute atomic E-state index is 0.0234. The van der Waals surface area contributed by atoms with Crippen LogP contribution < -0.4 is 5.32 Å². The molecule has 0 spiro atoms. The maximum Gasteiger partial charge on any atom is 0.332 e. The van der Waals surface area contributed by atoms with Crippen LogP contribution in [0.25, 0.3) is 0 Å². The Bertz CT molecular complexity index is 586. The molecule has 0 amide bonds. The second-order valence-electron chi connectivity index (χ2n) is 3.73. The molecule has 0 atom stereocenters. The van der Waals surface area contributed by atoms with Crippen LogP contribution in [-0.2, 0) is 6.54 Å². The number of aromatic nitrogens is 4. The van der Waals surface area contributed by atoms with Crippen molar-refractivity contribution in [1.29, 1.82) is 0 Å². The number of halogens is 1. The third-order valence-corrected chi connectivity index (χ3v) is 2.58. The van der Waals surface area contributed by atoms with Crippen LogP contribution in [0.1, 0.15) is 5.69 Å². The predicted octanol–water partition coefficient (Wildman–Crippen LogP) is 1.66. The Balaban J connectivity index is 2.12. The quantitative estimate of drug-likeness (QED) is 0.508. The first kappa shape index (κ1) is 13.2. The summed E-state index contributed by atoms with van der Waals surface area (Å²) in [5, 5.41) is 17.8. The molecule has 0 radical (unpaired) electrons. The van der Waals surface area contributed by atoms with Crippen LogP contribution >= 0.6 is 11.6 Å². The van der Waals surface area contributed by atoms with E-state index in [9.17, 15) is 10.1 Å². The molecule has 0 fully saturated rings. The van der Waals surface area contributed by atoms with Gasteiger partial charge in [-0.05, 0) is 24.6 Å². The van der Waals surface area contributed by atoms with E-state index in [0.717, 1.165) is 0 Å². The monoisotopic (exact) mass is 282 g/mol. The molecule has 0 bridgehead atoms. The van der Waals surface area contributed by atoms with E-state index < -0.39 is 4.92 Å². The van der Waals surface area contributed by atoms with Crippen molar-refractivity contribution in [3.8, 4) is 0 Å². The summed E-state index contributed by atoms with van der Waals surface area (Å²) in [7, 11) is 0. The fourth-order valence-corrected chi connectivity index (χ4v) is 1.81. The van der Waals surface area contributed by atoms with E-state index in [1.807, 2.05) is 0 Å². The van der Waals surface area contributed by atoms with Crippen LogP contribution in [0.5, 0.6) is 0 Å². The van der Waals surface area contributed by atoms with E-state index >= 15 is 0 Å². The molecule has 2 aromatic rings. The van der Waals surface area contributed by atoms with Gasteiger partial charge in [0, 0.05) is 18.9 Å². The van der Waals surface area contributed by atoms with Crippen molar-refractivity contribution in [3.05, 3.63) is 39.6 Å². The van der Waals surface area contributed by atoms with Crippen molar-refractivity contribution in [2.45, 2.75) is 13.5 Å². The van der Waals surface area contributed by atoms with Gasteiger partial charge in [0.15, 0.2) is 0 Å². The summed E-state index contributed by atoms with van der Waals surface area (Å²) in [6.45, 7) is 2.52. The second-order valence-corrected chi connectivity index (χ2v) is 4.07. The highest BCUT2D eigenvalue weighted by Gasteiger charge is 2.21. The van der Waals surface area contributed by atoms with Gasteiger partial charge in [-0.2, -0.15) is 10.1 Å². The third kappa shape index (κ3) is 3.16. The van der Waals surface area contributed by atoms with Gasteiger partial charge in [-0.25, -0.2) is 4.98 Å². The molecule has 19 heavy (non-hydrogen) atoms. The standard InChI is InChI=1S/C10H11ClN6O2/c1-7-8(17(18)19)9(15-10(11)14-7)12-4-6-16-5-2-3-13-16/h2-3,5H,4,6H2,1H3,(H,12,14,15). The zero-order valence-corrected chi connectivity index (χ0v) is 10.8. The van der Waals surface area contributed by atoms with Gasteiger partial charge in [0.1, 0.15) is 5.69 Å². The Morgan fingerprint density at radius 1 is 1.53 bits per heavy atom. The number of rotatable bonds is 5. The van der Waals surface area contributed by atoms with Crippen molar-refractivity contribution >= 4 is 23.1 Å². The molecule has 100 valence electrons. The van der Waals surface area contributed by atoms with E-state index in [0.29, 0.717) is 13.1 Å². The molecule has 0 saturated carbocycles. The minimum Gasteiger partial charge on any atom is -0.362 e. The molecule has 2 aromatic heterocycles. The average molecular weight is 283 g/mol. The Hall–Kier alpha value is -2.22. The summed E-state index contributed by atoms with van der Waals surface area (Å²) >= 11 is 5.70. The molecule has 0 saturated heterocycles. The lowest BCUT2D eigenvalue weighted by Crippen LogP contribution is -2.14. The highest BCUT2D eigenvalue weighted by atomic mass is 35.5.